The second-order valence-corrected chi connectivity index (χ2v) is 7.66. The highest BCUT2D eigenvalue weighted by molar-refractivity contribution is 7.99. The van der Waals surface area contributed by atoms with E-state index in [0.29, 0.717) is 24.0 Å². The highest BCUT2D eigenvalue weighted by Gasteiger charge is 2.19. The second kappa shape index (κ2) is 9.31. The van der Waals surface area contributed by atoms with Gasteiger partial charge < -0.3 is 15.0 Å². The van der Waals surface area contributed by atoms with Crippen molar-refractivity contribution in [2.24, 2.45) is 0 Å². The molecular weight excluding hydrogens is 368 g/mol. The molecule has 3 rings (SSSR count). The number of hydrogen-bond acceptors (Lipinski definition) is 4. The lowest BCUT2D eigenvalue weighted by atomic mass is 10.2. The molecule has 0 atom stereocenters. The largest absolute Gasteiger partial charge is 0.378 e. The number of carbonyl (C=O) groups excluding carboxylic acids is 1. The van der Waals surface area contributed by atoms with Crippen LogP contribution in [0.2, 0.25) is 5.02 Å². The van der Waals surface area contributed by atoms with Crippen LogP contribution in [0.4, 0.5) is 11.4 Å². The van der Waals surface area contributed by atoms with Crippen LogP contribution < -0.4 is 10.2 Å². The van der Waals surface area contributed by atoms with Gasteiger partial charge in [-0.05, 0) is 24.6 Å². The van der Waals surface area contributed by atoms with E-state index < -0.39 is 0 Å². The van der Waals surface area contributed by atoms with Crippen molar-refractivity contribution in [1.29, 1.82) is 0 Å². The number of amides is 1. The quantitative estimate of drug-likeness (QED) is 0.795. The SMILES string of the molecule is Cc1cccc(CSCC(=O)Nc2cccc(Cl)c2N2CCOCC2)c1. The fourth-order valence-corrected chi connectivity index (χ4v) is 4.04. The molecule has 1 fully saturated rings. The van der Waals surface area contributed by atoms with Crippen molar-refractivity contribution < 1.29 is 9.53 Å². The Labute approximate surface area is 163 Å². The van der Waals surface area contributed by atoms with Crippen molar-refractivity contribution in [3.8, 4) is 0 Å². The topological polar surface area (TPSA) is 41.6 Å². The molecule has 0 aliphatic carbocycles. The van der Waals surface area contributed by atoms with Crippen LogP contribution in [0.15, 0.2) is 42.5 Å². The lowest BCUT2D eigenvalue weighted by Gasteiger charge is -2.31. The highest BCUT2D eigenvalue weighted by Crippen LogP contribution is 2.34. The molecule has 1 heterocycles. The number of thioether (sulfide) groups is 1. The van der Waals surface area contributed by atoms with Gasteiger partial charge in [-0.1, -0.05) is 47.5 Å². The van der Waals surface area contributed by atoms with Crippen molar-refractivity contribution in [2.45, 2.75) is 12.7 Å². The molecule has 2 aromatic rings. The van der Waals surface area contributed by atoms with Crippen LogP contribution in [0.25, 0.3) is 0 Å². The number of ether oxygens (including phenoxy) is 1. The van der Waals surface area contributed by atoms with Crippen LogP contribution in [0.3, 0.4) is 0 Å². The Morgan fingerprint density at radius 3 is 2.77 bits per heavy atom. The number of nitrogens with one attached hydrogen (secondary N) is 1. The maximum atomic E-state index is 12.4. The molecule has 2 aromatic carbocycles. The van der Waals surface area contributed by atoms with Crippen molar-refractivity contribution >= 4 is 40.6 Å². The molecule has 4 nitrogen and oxygen atoms in total. The first-order chi connectivity index (χ1) is 12.6. The maximum absolute atomic E-state index is 12.4. The molecule has 1 N–H and O–H groups in total. The summed E-state index contributed by atoms with van der Waals surface area (Å²) in [4.78, 5) is 14.6. The van der Waals surface area contributed by atoms with E-state index >= 15 is 0 Å². The van der Waals surface area contributed by atoms with Crippen LogP contribution in [-0.2, 0) is 15.3 Å². The van der Waals surface area contributed by atoms with Crippen molar-refractivity contribution in [1.82, 2.24) is 0 Å². The van der Waals surface area contributed by atoms with Gasteiger partial charge in [0.25, 0.3) is 0 Å². The Morgan fingerprint density at radius 2 is 2.00 bits per heavy atom. The van der Waals surface area contributed by atoms with E-state index in [1.165, 1.54) is 11.1 Å². The molecule has 1 aliphatic rings. The van der Waals surface area contributed by atoms with Gasteiger partial charge in [0.2, 0.25) is 5.91 Å². The van der Waals surface area contributed by atoms with Crippen LogP contribution in [-0.4, -0.2) is 38.0 Å². The Bertz CT molecular complexity index is 763. The number of rotatable bonds is 6. The fraction of sp³-hybridized carbons (Fsp3) is 0.350. The first kappa shape index (κ1) is 19.1. The van der Waals surface area contributed by atoms with Gasteiger partial charge in [-0.2, -0.15) is 0 Å². The monoisotopic (exact) mass is 390 g/mol. The van der Waals surface area contributed by atoms with Gasteiger partial charge in [-0.3, -0.25) is 4.79 Å². The first-order valence-corrected chi connectivity index (χ1v) is 10.2. The average Bonchev–Trinajstić information content (AvgIpc) is 2.63. The van der Waals surface area contributed by atoms with E-state index in [1.807, 2.05) is 24.3 Å². The summed E-state index contributed by atoms with van der Waals surface area (Å²) in [5.41, 5.74) is 4.12. The van der Waals surface area contributed by atoms with E-state index in [-0.39, 0.29) is 5.91 Å². The zero-order valence-corrected chi connectivity index (χ0v) is 16.4. The molecule has 138 valence electrons. The van der Waals surface area contributed by atoms with Crippen LogP contribution in [0.1, 0.15) is 11.1 Å². The van der Waals surface area contributed by atoms with E-state index in [2.05, 4.69) is 35.3 Å². The number of benzene rings is 2. The minimum Gasteiger partial charge on any atom is -0.378 e. The van der Waals surface area contributed by atoms with Gasteiger partial charge in [0.1, 0.15) is 0 Å². The highest BCUT2D eigenvalue weighted by atomic mass is 35.5. The summed E-state index contributed by atoms with van der Waals surface area (Å²) in [5, 5.41) is 3.67. The molecule has 1 saturated heterocycles. The number of anilines is 2. The van der Waals surface area contributed by atoms with Crippen LogP contribution in [0, 0.1) is 6.92 Å². The Morgan fingerprint density at radius 1 is 1.23 bits per heavy atom. The molecule has 0 spiro atoms. The van der Waals surface area contributed by atoms with Crippen molar-refractivity contribution in [3.63, 3.8) is 0 Å². The van der Waals surface area contributed by atoms with Gasteiger partial charge >= 0.3 is 0 Å². The third kappa shape index (κ3) is 5.16. The molecule has 0 radical (unpaired) electrons. The number of hydrogen-bond donors (Lipinski definition) is 1. The summed E-state index contributed by atoms with van der Waals surface area (Å²) in [6.07, 6.45) is 0. The van der Waals surface area contributed by atoms with E-state index in [4.69, 9.17) is 16.3 Å². The predicted octanol–water partition coefficient (Wildman–Crippen LogP) is 4.36. The van der Waals surface area contributed by atoms with E-state index in [0.717, 1.165) is 30.2 Å². The number of halogens is 1. The maximum Gasteiger partial charge on any atom is 0.234 e. The van der Waals surface area contributed by atoms with Gasteiger partial charge in [0.15, 0.2) is 0 Å². The Balaban J connectivity index is 1.59. The molecule has 1 aliphatic heterocycles. The third-order valence-corrected chi connectivity index (χ3v) is 5.48. The summed E-state index contributed by atoms with van der Waals surface area (Å²) in [6.45, 7) is 4.96. The third-order valence-electron chi connectivity index (χ3n) is 4.17. The molecule has 0 unspecified atom stereocenters. The normalized spacial score (nSPS) is 14.3. The molecular formula is C20H23ClN2O2S. The molecule has 6 heteroatoms. The zero-order chi connectivity index (χ0) is 18.4. The van der Waals surface area contributed by atoms with E-state index in [1.54, 1.807) is 11.8 Å². The smallest absolute Gasteiger partial charge is 0.234 e. The number of aryl methyl sites for hydroxylation is 1. The average molecular weight is 391 g/mol. The Hall–Kier alpha value is -1.69. The molecule has 0 saturated carbocycles. The van der Waals surface area contributed by atoms with Gasteiger partial charge in [-0.25, -0.2) is 0 Å². The number of carbonyl (C=O) groups is 1. The zero-order valence-electron chi connectivity index (χ0n) is 14.8. The van der Waals surface area contributed by atoms with Crippen molar-refractivity contribution in [2.75, 3.05) is 42.3 Å². The molecule has 1 amide bonds. The summed E-state index contributed by atoms with van der Waals surface area (Å²) < 4.78 is 5.41. The number of morpholine rings is 1. The standard InChI is InChI=1S/C20H23ClN2O2S/c1-15-4-2-5-16(12-15)13-26-14-19(24)22-18-7-3-6-17(21)20(18)23-8-10-25-11-9-23/h2-7,12H,8-11,13-14H2,1H3,(H,22,24). The number of para-hydroxylation sites is 1. The number of nitrogens with zero attached hydrogens (tertiary/aromatic N) is 1. The summed E-state index contributed by atoms with van der Waals surface area (Å²) in [5.74, 6) is 1.21. The summed E-state index contributed by atoms with van der Waals surface area (Å²) in [6, 6.07) is 14.0. The van der Waals surface area contributed by atoms with E-state index in [9.17, 15) is 4.79 Å². The van der Waals surface area contributed by atoms with Gasteiger partial charge in [0.05, 0.1) is 35.4 Å². The first-order valence-electron chi connectivity index (χ1n) is 8.68. The minimum atomic E-state index is -0.0144. The Kier molecular flexibility index (Phi) is 6.83. The fourth-order valence-electron chi connectivity index (χ4n) is 2.97. The van der Waals surface area contributed by atoms with Gasteiger partial charge in [-0.15, -0.1) is 11.8 Å². The van der Waals surface area contributed by atoms with Gasteiger partial charge in [0, 0.05) is 18.8 Å². The molecule has 0 bridgehead atoms. The minimum absolute atomic E-state index is 0.0144. The summed E-state index contributed by atoms with van der Waals surface area (Å²) in [7, 11) is 0. The predicted molar refractivity (Wildman–Crippen MR) is 110 cm³/mol. The lowest BCUT2D eigenvalue weighted by molar-refractivity contribution is -0.113. The molecule has 0 aromatic heterocycles. The summed E-state index contributed by atoms with van der Waals surface area (Å²) >= 11 is 8.02. The second-order valence-electron chi connectivity index (χ2n) is 6.27. The van der Waals surface area contributed by atoms with Crippen molar-refractivity contribution in [3.05, 3.63) is 58.6 Å². The molecule has 26 heavy (non-hydrogen) atoms. The van der Waals surface area contributed by atoms with Crippen LogP contribution >= 0.6 is 23.4 Å². The lowest BCUT2D eigenvalue weighted by Crippen LogP contribution is -2.37. The van der Waals surface area contributed by atoms with Crippen LogP contribution in [0.5, 0.6) is 0 Å².